The van der Waals surface area contributed by atoms with E-state index in [4.69, 9.17) is 9.47 Å². The number of ether oxygens (including phenoxy) is 2. The molecule has 0 aliphatic rings. The van der Waals surface area contributed by atoms with Gasteiger partial charge >= 0.3 is 5.97 Å². The van der Waals surface area contributed by atoms with Crippen LogP contribution in [0.15, 0.2) is 54.6 Å². The lowest BCUT2D eigenvalue weighted by molar-refractivity contribution is -0.153. The molecule has 0 aromatic heterocycles. The van der Waals surface area contributed by atoms with Crippen LogP contribution in [0.4, 0.5) is 0 Å². The predicted octanol–water partition coefficient (Wildman–Crippen LogP) is 5.19. The highest BCUT2D eigenvalue weighted by Gasteiger charge is 2.27. The van der Waals surface area contributed by atoms with Gasteiger partial charge in [0.1, 0.15) is 18.3 Å². The fourth-order valence-electron chi connectivity index (χ4n) is 3.06. The summed E-state index contributed by atoms with van der Waals surface area (Å²) in [6, 6.07) is 17.6. The zero-order valence-electron chi connectivity index (χ0n) is 17.2. The standard InChI is InChI=1S/C24H30O4/c1-17(2)28-23(21-12-10-18(3)11-13-21)15-14-22(19(4)25)24(26)27-16-20-8-6-5-7-9-20/h5-13,17,22-23H,14-16H2,1-4H3. The normalized spacial score (nSPS) is 13.2. The first-order valence-corrected chi connectivity index (χ1v) is 9.80. The minimum Gasteiger partial charge on any atom is -0.460 e. The number of Topliss-reactive ketones (excluding diaryl/α,β-unsaturated/α-hetero) is 1. The van der Waals surface area contributed by atoms with E-state index in [0.717, 1.165) is 11.1 Å². The summed E-state index contributed by atoms with van der Waals surface area (Å²) in [6.45, 7) is 7.62. The minimum absolute atomic E-state index is 0.0483. The average Bonchev–Trinajstić information content (AvgIpc) is 2.66. The van der Waals surface area contributed by atoms with Crippen molar-refractivity contribution in [2.24, 2.45) is 5.92 Å². The lowest BCUT2D eigenvalue weighted by atomic mass is 9.94. The van der Waals surface area contributed by atoms with Gasteiger partial charge in [-0.25, -0.2) is 0 Å². The Bertz CT molecular complexity index is 750. The molecule has 2 unspecified atom stereocenters. The Labute approximate surface area is 167 Å². The van der Waals surface area contributed by atoms with Gasteiger partial charge in [-0.05, 0) is 51.7 Å². The molecule has 150 valence electrons. The molecule has 0 aliphatic carbocycles. The lowest BCUT2D eigenvalue weighted by Crippen LogP contribution is -2.25. The summed E-state index contributed by atoms with van der Waals surface area (Å²) in [5.41, 5.74) is 3.14. The predicted molar refractivity (Wildman–Crippen MR) is 110 cm³/mol. The van der Waals surface area contributed by atoms with Crippen LogP contribution in [0.2, 0.25) is 0 Å². The molecule has 28 heavy (non-hydrogen) atoms. The van der Waals surface area contributed by atoms with Crippen molar-refractivity contribution in [2.45, 2.75) is 59.4 Å². The molecule has 0 radical (unpaired) electrons. The maximum atomic E-state index is 12.5. The average molecular weight is 383 g/mol. The Morgan fingerprint density at radius 3 is 2.14 bits per heavy atom. The zero-order chi connectivity index (χ0) is 20.5. The number of aryl methyl sites for hydroxylation is 1. The number of esters is 1. The van der Waals surface area contributed by atoms with E-state index in [1.54, 1.807) is 0 Å². The second-order valence-electron chi connectivity index (χ2n) is 7.42. The topological polar surface area (TPSA) is 52.6 Å². The molecular weight excluding hydrogens is 352 g/mol. The number of carbonyl (C=O) groups is 2. The second kappa shape index (κ2) is 10.8. The maximum absolute atomic E-state index is 12.5. The van der Waals surface area contributed by atoms with Crippen molar-refractivity contribution in [2.75, 3.05) is 0 Å². The first kappa shape index (κ1) is 21.8. The van der Waals surface area contributed by atoms with Crippen LogP contribution in [0.1, 0.15) is 56.4 Å². The van der Waals surface area contributed by atoms with E-state index in [9.17, 15) is 9.59 Å². The molecule has 4 nitrogen and oxygen atoms in total. The number of rotatable bonds is 10. The highest BCUT2D eigenvalue weighted by Crippen LogP contribution is 2.27. The third-order valence-electron chi connectivity index (χ3n) is 4.60. The number of benzene rings is 2. The summed E-state index contributed by atoms with van der Waals surface area (Å²) in [7, 11) is 0. The fraction of sp³-hybridized carbons (Fsp3) is 0.417. The zero-order valence-corrected chi connectivity index (χ0v) is 17.2. The van der Waals surface area contributed by atoms with E-state index in [0.29, 0.717) is 12.8 Å². The highest BCUT2D eigenvalue weighted by molar-refractivity contribution is 5.97. The van der Waals surface area contributed by atoms with Crippen LogP contribution in [0, 0.1) is 12.8 Å². The van der Waals surface area contributed by atoms with Gasteiger partial charge in [-0.3, -0.25) is 9.59 Å². The molecule has 0 heterocycles. The summed E-state index contributed by atoms with van der Waals surface area (Å²) in [5, 5.41) is 0. The monoisotopic (exact) mass is 382 g/mol. The van der Waals surface area contributed by atoms with Gasteiger partial charge < -0.3 is 9.47 Å². The van der Waals surface area contributed by atoms with Gasteiger partial charge in [0, 0.05) is 0 Å². The SMILES string of the molecule is CC(=O)C(CCC(OC(C)C)c1ccc(C)cc1)C(=O)OCc1ccccc1. The molecule has 2 aromatic carbocycles. The van der Waals surface area contributed by atoms with E-state index >= 15 is 0 Å². The Morgan fingerprint density at radius 2 is 1.57 bits per heavy atom. The molecule has 0 amide bonds. The Balaban J connectivity index is 2.01. The Morgan fingerprint density at radius 1 is 0.929 bits per heavy atom. The van der Waals surface area contributed by atoms with Crippen molar-refractivity contribution in [3.05, 3.63) is 71.3 Å². The fourth-order valence-corrected chi connectivity index (χ4v) is 3.06. The van der Waals surface area contributed by atoms with Gasteiger partial charge in [-0.1, -0.05) is 60.2 Å². The third kappa shape index (κ3) is 6.93. The largest absolute Gasteiger partial charge is 0.460 e. The van der Waals surface area contributed by atoms with Gasteiger partial charge in [-0.2, -0.15) is 0 Å². The van der Waals surface area contributed by atoms with Gasteiger partial charge in [0.2, 0.25) is 0 Å². The van der Waals surface area contributed by atoms with Crippen molar-refractivity contribution in [1.82, 2.24) is 0 Å². The summed E-state index contributed by atoms with van der Waals surface area (Å²) >= 11 is 0. The van der Waals surface area contributed by atoms with E-state index in [1.807, 2.05) is 75.4 Å². The molecule has 0 N–H and O–H groups in total. The van der Waals surface area contributed by atoms with E-state index in [2.05, 4.69) is 0 Å². The van der Waals surface area contributed by atoms with E-state index < -0.39 is 11.9 Å². The molecule has 0 fully saturated rings. The second-order valence-corrected chi connectivity index (χ2v) is 7.42. The van der Waals surface area contributed by atoms with Gasteiger partial charge in [-0.15, -0.1) is 0 Å². The van der Waals surface area contributed by atoms with Crippen molar-refractivity contribution >= 4 is 11.8 Å². The van der Waals surface area contributed by atoms with Crippen molar-refractivity contribution in [3.8, 4) is 0 Å². The molecular formula is C24H30O4. The Kier molecular flexibility index (Phi) is 8.40. The number of hydrogen-bond acceptors (Lipinski definition) is 4. The van der Waals surface area contributed by atoms with Gasteiger partial charge in [0.15, 0.2) is 0 Å². The first-order valence-electron chi connectivity index (χ1n) is 9.80. The number of carbonyl (C=O) groups excluding carboxylic acids is 2. The molecule has 0 aliphatic heterocycles. The van der Waals surface area contributed by atoms with Crippen LogP contribution >= 0.6 is 0 Å². The summed E-state index contributed by atoms with van der Waals surface area (Å²) < 4.78 is 11.4. The quantitative estimate of drug-likeness (QED) is 0.419. The number of ketones is 1. The van der Waals surface area contributed by atoms with Crippen LogP contribution in [0.25, 0.3) is 0 Å². The molecule has 2 aromatic rings. The third-order valence-corrected chi connectivity index (χ3v) is 4.60. The van der Waals surface area contributed by atoms with Crippen molar-refractivity contribution in [1.29, 1.82) is 0 Å². The molecule has 4 heteroatoms. The molecule has 2 rings (SSSR count). The summed E-state index contributed by atoms with van der Waals surface area (Å²) in [6.07, 6.45) is 0.858. The highest BCUT2D eigenvalue weighted by atomic mass is 16.5. The van der Waals surface area contributed by atoms with E-state index in [-0.39, 0.29) is 24.6 Å². The molecule has 0 spiro atoms. The summed E-state index contributed by atoms with van der Waals surface area (Å²) in [5.74, 6) is -1.42. The van der Waals surface area contributed by atoms with Gasteiger partial charge in [0.05, 0.1) is 12.2 Å². The molecule has 0 saturated carbocycles. The van der Waals surface area contributed by atoms with Crippen LogP contribution in [-0.2, 0) is 25.7 Å². The van der Waals surface area contributed by atoms with Crippen LogP contribution in [0.3, 0.4) is 0 Å². The Hall–Kier alpha value is -2.46. The van der Waals surface area contributed by atoms with Crippen LogP contribution < -0.4 is 0 Å². The van der Waals surface area contributed by atoms with Crippen molar-refractivity contribution in [3.63, 3.8) is 0 Å². The van der Waals surface area contributed by atoms with Crippen molar-refractivity contribution < 1.29 is 19.1 Å². The maximum Gasteiger partial charge on any atom is 0.316 e. The molecule has 0 saturated heterocycles. The van der Waals surface area contributed by atoms with Gasteiger partial charge in [0.25, 0.3) is 0 Å². The molecule has 2 atom stereocenters. The lowest BCUT2D eigenvalue weighted by Gasteiger charge is -2.23. The van der Waals surface area contributed by atoms with Crippen LogP contribution in [-0.4, -0.2) is 17.9 Å². The first-order chi connectivity index (χ1) is 13.4. The summed E-state index contributed by atoms with van der Waals surface area (Å²) in [4.78, 5) is 24.6. The van der Waals surface area contributed by atoms with Crippen LogP contribution in [0.5, 0.6) is 0 Å². The smallest absolute Gasteiger partial charge is 0.316 e. The minimum atomic E-state index is -0.771. The van der Waals surface area contributed by atoms with E-state index in [1.165, 1.54) is 12.5 Å². The number of hydrogen-bond donors (Lipinski definition) is 0. The molecule has 0 bridgehead atoms.